The van der Waals surface area contributed by atoms with Crippen molar-refractivity contribution in [1.82, 2.24) is 10.6 Å². The van der Waals surface area contributed by atoms with Crippen LogP contribution in [0.5, 0.6) is 23.0 Å². The van der Waals surface area contributed by atoms with Gasteiger partial charge in [-0.05, 0) is 96.5 Å². The van der Waals surface area contributed by atoms with Gasteiger partial charge in [0.25, 0.3) is 10.5 Å². The molecule has 4 amide bonds. The Balaban J connectivity index is 0.000000290. The molecule has 4 aromatic rings. The molecule has 4 atom stereocenters. The van der Waals surface area contributed by atoms with Gasteiger partial charge in [-0.1, -0.05) is 72.1 Å². The maximum Gasteiger partial charge on any atom is 1.00 e. The van der Waals surface area contributed by atoms with Crippen LogP contribution in [-0.2, 0) is 44.9 Å². The quantitative estimate of drug-likeness (QED) is 0.0885. The summed E-state index contributed by atoms with van der Waals surface area (Å²) >= 11 is 2.00. The minimum atomic E-state index is -1.28. The molecule has 0 saturated carbocycles. The van der Waals surface area contributed by atoms with Crippen molar-refractivity contribution >= 4 is 57.8 Å². The van der Waals surface area contributed by atoms with Gasteiger partial charge in [0, 0.05) is 12.1 Å². The standard InChI is InChI=1S/2C19H18N2O5S.2K/c2*20-15(18(23)24)9-11-1-5-13(6-2-11)26-14-7-3-12(4-8-14)10-16-17(22)21-19(25)27-16;;/h2*1-8,15-16H,9-10,20H2,(H,23,24)(H,21,22,25);;/q;;2*+1/p-2/t2*15-,16?;;/m00../s1. The summed E-state index contributed by atoms with van der Waals surface area (Å²) < 4.78 is 11.5. The Kier molecular flexibility index (Phi) is 19.9. The average molecular weight is 849 g/mol. The Labute approximate surface area is 415 Å². The van der Waals surface area contributed by atoms with Gasteiger partial charge >= 0.3 is 103 Å². The number of carbonyl (C=O) groups is 6. The first-order chi connectivity index (χ1) is 25.8. The van der Waals surface area contributed by atoms with Gasteiger partial charge in [0.15, 0.2) is 0 Å². The molecule has 0 aromatic heterocycles. The predicted molar refractivity (Wildman–Crippen MR) is 197 cm³/mol. The monoisotopic (exact) mass is 848 g/mol. The normalized spacial score (nSPS) is 16.8. The van der Waals surface area contributed by atoms with Crippen molar-refractivity contribution in [3.63, 3.8) is 0 Å². The SMILES string of the molecule is N[C@@H](Cc1ccc(Oc2ccc(CC3SC(=O)NC3=O)cc2)cc1)C(=O)[O-].N[C@@H](Cc1ccc(Oc2ccc(CC3SC(=O)NC3=O)cc2)cc1)C(=O)[O-].[K+].[K+]. The molecular formula is C38H34K2N4O10S2. The number of benzene rings is 4. The molecule has 0 aliphatic carbocycles. The molecule has 14 nitrogen and oxygen atoms in total. The number of aliphatic carboxylic acids is 2. The van der Waals surface area contributed by atoms with Crippen LogP contribution in [-0.4, -0.2) is 56.8 Å². The van der Waals surface area contributed by atoms with E-state index in [1.807, 2.05) is 24.3 Å². The zero-order valence-corrected chi connectivity index (χ0v) is 38.3. The number of ether oxygens (including phenoxy) is 2. The van der Waals surface area contributed by atoms with Crippen molar-refractivity contribution in [1.29, 1.82) is 0 Å². The second-order valence-corrected chi connectivity index (χ2v) is 14.6. The second-order valence-electron chi connectivity index (χ2n) is 12.2. The van der Waals surface area contributed by atoms with Crippen LogP contribution in [0.15, 0.2) is 97.1 Å². The number of carbonyl (C=O) groups excluding carboxylic acids is 6. The molecule has 0 bridgehead atoms. The summed E-state index contributed by atoms with van der Waals surface area (Å²) in [7, 11) is 0. The number of nitrogens with two attached hydrogens (primary N) is 2. The molecule has 18 heteroatoms. The minimum Gasteiger partial charge on any atom is -0.548 e. The van der Waals surface area contributed by atoms with E-state index in [-0.39, 0.29) is 138 Å². The van der Waals surface area contributed by atoms with Crippen molar-refractivity contribution in [2.75, 3.05) is 0 Å². The van der Waals surface area contributed by atoms with Crippen LogP contribution in [0, 0.1) is 0 Å². The number of imide groups is 2. The number of hydrogen-bond acceptors (Lipinski definition) is 14. The summed E-state index contributed by atoms with van der Waals surface area (Å²) in [6, 6.07) is 26.4. The molecule has 4 aromatic carbocycles. The number of carboxylic acid groups (broad SMARTS) is 2. The topological polar surface area (TPSA) is 243 Å². The molecule has 2 heterocycles. The fraction of sp³-hybridized carbons (Fsp3) is 0.211. The number of hydrogen-bond donors (Lipinski definition) is 4. The molecule has 56 heavy (non-hydrogen) atoms. The van der Waals surface area contributed by atoms with E-state index in [0.29, 0.717) is 35.8 Å². The third-order valence-corrected chi connectivity index (χ3v) is 10.0. The van der Waals surface area contributed by atoms with Crippen molar-refractivity contribution in [3.05, 3.63) is 119 Å². The van der Waals surface area contributed by atoms with Crippen LogP contribution < -0.4 is 145 Å². The molecule has 6 N–H and O–H groups in total. The van der Waals surface area contributed by atoms with E-state index >= 15 is 0 Å². The fourth-order valence-corrected chi connectivity index (χ4v) is 6.92. The molecule has 0 radical (unpaired) electrons. The van der Waals surface area contributed by atoms with E-state index in [9.17, 15) is 39.0 Å². The maximum atomic E-state index is 11.6. The molecule has 280 valence electrons. The van der Waals surface area contributed by atoms with Gasteiger partial charge in [-0.25, -0.2) is 0 Å². The third-order valence-electron chi connectivity index (χ3n) is 8.06. The molecule has 2 aliphatic rings. The van der Waals surface area contributed by atoms with Crippen LogP contribution in [0.4, 0.5) is 9.59 Å². The van der Waals surface area contributed by atoms with Crippen molar-refractivity contribution in [3.8, 4) is 23.0 Å². The summed E-state index contributed by atoms with van der Waals surface area (Å²) in [6.07, 6.45) is 1.31. The molecule has 2 unspecified atom stereocenters. The molecule has 2 aliphatic heterocycles. The van der Waals surface area contributed by atoms with Crippen LogP contribution in [0.2, 0.25) is 0 Å². The summed E-state index contributed by atoms with van der Waals surface area (Å²) in [5, 5.41) is 24.5. The van der Waals surface area contributed by atoms with Crippen LogP contribution in [0.1, 0.15) is 22.3 Å². The van der Waals surface area contributed by atoms with E-state index in [4.69, 9.17) is 20.9 Å². The van der Waals surface area contributed by atoms with Gasteiger partial charge in [-0.2, -0.15) is 0 Å². The molecular weight excluding hydrogens is 815 g/mol. The Morgan fingerprint density at radius 3 is 1.04 bits per heavy atom. The van der Waals surface area contributed by atoms with Crippen LogP contribution >= 0.6 is 23.5 Å². The van der Waals surface area contributed by atoms with Gasteiger partial charge in [-0.15, -0.1) is 0 Å². The number of rotatable bonds is 14. The van der Waals surface area contributed by atoms with Gasteiger partial charge in [0.1, 0.15) is 23.0 Å². The average Bonchev–Trinajstić information content (AvgIpc) is 3.64. The Bertz CT molecular complexity index is 1860. The summed E-state index contributed by atoms with van der Waals surface area (Å²) in [4.78, 5) is 67.0. The predicted octanol–water partition coefficient (Wildman–Crippen LogP) is -4.01. The third kappa shape index (κ3) is 15.1. The molecule has 2 saturated heterocycles. The van der Waals surface area contributed by atoms with E-state index < -0.39 is 34.5 Å². The van der Waals surface area contributed by atoms with E-state index in [1.165, 1.54) is 0 Å². The molecule has 0 spiro atoms. The zero-order chi connectivity index (χ0) is 38.8. The van der Waals surface area contributed by atoms with Gasteiger partial charge < -0.3 is 40.7 Å². The van der Waals surface area contributed by atoms with E-state index in [1.54, 1.807) is 72.8 Å². The Morgan fingerprint density at radius 2 is 0.804 bits per heavy atom. The molecule has 2 fully saturated rings. The number of nitrogens with one attached hydrogen (secondary N) is 2. The van der Waals surface area contributed by atoms with Crippen LogP contribution in [0.3, 0.4) is 0 Å². The van der Waals surface area contributed by atoms with Gasteiger partial charge in [0.05, 0.1) is 22.4 Å². The van der Waals surface area contributed by atoms with Crippen molar-refractivity contribution in [2.45, 2.75) is 48.3 Å². The van der Waals surface area contributed by atoms with Crippen molar-refractivity contribution in [2.24, 2.45) is 11.5 Å². The molecule has 6 rings (SSSR count). The minimum absolute atomic E-state index is 0. The first-order valence-electron chi connectivity index (χ1n) is 16.5. The first-order valence-corrected chi connectivity index (χ1v) is 18.2. The van der Waals surface area contributed by atoms with E-state index in [0.717, 1.165) is 45.8 Å². The maximum absolute atomic E-state index is 11.6. The first kappa shape index (κ1) is 48.0. The Hall–Kier alpha value is -2.41. The van der Waals surface area contributed by atoms with Gasteiger partial charge in [-0.3, -0.25) is 29.8 Å². The smallest absolute Gasteiger partial charge is 0.548 e. The summed E-state index contributed by atoms with van der Waals surface area (Å²) in [5.74, 6) is -0.640. The fourth-order valence-electron chi connectivity index (χ4n) is 5.20. The van der Waals surface area contributed by atoms with E-state index in [2.05, 4.69) is 10.6 Å². The Morgan fingerprint density at radius 1 is 0.536 bits per heavy atom. The second kappa shape index (κ2) is 23.3. The number of amides is 4. The summed E-state index contributed by atoms with van der Waals surface area (Å²) in [6.45, 7) is 0. The van der Waals surface area contributed by atoms with Crippen LogP contribution in [0.25, 0.3) is 0 Å². The van der Waals surface area contributed by atoms with Gasteiger partial charge in [0.2, 0.25) is 11.8 Å². The van der Waals surface area contributed by atoms with Crippen molar-refractivity contribution < 1.29 is 151 Å². The number of thioether (sulfide) groups is 2. The largest absolute Gasteiger partial charge is 1.00 e. The summed E-state index contributed by atoms with van der Waals surface area (Å²) in [5.41, 5.74) is 14.3. The number of carboxylic acids is 2. The zero-order valence-electron chi connectivity index (χ0n) is 30.4.